The lowest BCUT2D eigenvalue weighted by Crippen LogP contribution is -2.46. The molecule has 0 N–H and O–H groups in total. The third kappa shape index (κ3) is 4.09. The van der Waals surface area contributed by atoms with Crippen LogP contribution in [0.3, 0.4) is 0 Å². The minimum absolute atomic E-state index is 0.121. The lowest BCUT2D eigenvalue weighted by atomic mass is 10.0. The standard InChI is InChI=1S/C14H19F5O3Si/c1-5-21-23(20-4,22-6-2)7-8(3)9-10(15)12(17)14(19)13(18)11(9)16/h8H,5-7H2,1-4H3. The van der Waals surface area contributed by atoms with Gasteiger partial charge in [0.05, 0.1) is 0 Å². The van der Waals surface area contributed by atoms with E-state index in [0.29, 0.717) is 0 Å². The Morgan fingerprint density at radius 3 is 1.57 bits per heavy atom. The molecule has 0 bridgehead atoms. The molecule has 132 valence electrons. The van der Waals surface area contributed by atoms with Crippen molar-refractivity contribution in [1.29, 1.82) is 0 Å². The Kier molecular flexibility index (Phi) is 7.12. The fourth-order valence-electron chi connectivity index (χ4n) is 2.33. The van der Waals surface area contributed by atoms with Gasteiger partial charge in [-0.25, -0.2) is 22.0 Å². The predicted molar refractivity (Wildman–Crippen MR) is 75.5 cm³/mol. The molecule has 0 aliphatic heterocycles. The van der Waals surface area contributed by atoms with Crippen molar-refractivity contribution < 1.29 is 35.2 Å². The Hall–Kier alpha value is -1.03. The first-order chi connectivity index (χ1) is 10.7. The Morgan fingerprint density at radius 1 is 0.826 bits per heavy atom. The summed E-state index contributed by atoms with van der Waals surface area (Å²) in [7, 11) is -1.96. The zero-order valence-electron chi connectivity index (χ0n) is 13.3. The van der Waals surface area contributed by atoms with E-state index in [1.54, 1.807) is 13.8 Å². The third-order valence-corrected chi connectivity index (χ3v) is 6.52. The van der Waals surface area contributed by atoms with Crippen LogP contribution in [0.25, 0.3) is 0 Å². The molecule has 1 aromatic rings. The maximum Gasteiger partial charge on any atom is 0.501 e. The van der Waals surface area contributed by atoms with Crippen LogP contribution in [0.5, 0.6) is 0 Å². The van der Waals surface area contributed by atoms with Crippen molar-refractivity contribution in [3.8, 4) is 0 Å². The summed E-state index contributed by atoms with van der Waals surface area (Å²) in [5.41, 5.74) is -0.894. The summed E-state index contributed by atoms with van der Waals surface area (Å²) < 4.78 is 83.7. The molecule has 0 radical (unpaired) electrons. The van der Waals surface area contributed by atoms with Crippen LogP contribution in [-0.4, -0.2) is 29.1 Å². The molecule has 9 heteroatoms. The molecule has 1 aromatic carbocycles. The van der Waals surface area contributed by atoms with Crippen molar-refractivity contribution in [2.75, 3.05) is 20.3 Å². The van der Waals surface area contributed by atoms with Gasteiger partial charge in [-0.1, -0.05) is 6.92 Å². The predicted octanol–water partition coefficient (Wildman–Crippen LogP) is 4.14. The molecule has 0 aromatic heterocycles. The van der Waals surface area contributed by atoms with Gasteiger partial charge in [-0.2, -0.15) is 0 Å². The average Bonchev–Trinajstić information content (AvgIpc) is 2.51. The molecular formula is C14H19F5O3Si. The fraction of sp³-hybridized carbons (Fsp3) is 0.571. The quantitative estimate of drug-likeness (QED) is 0.302. The van der Waals surface area contributed by atoms with E-state index in [4.69, 9.17) is 13.3 Å². The van der Waals surface area contributed by atoms with Crippen molar-refractivity contribution in [3.05, 3.63) is 34.6 Å². The van der Waals surface area contributed by atoms with Crippen LogP contribution in [0.1, 0.15) is 32.3 Å². The Labute approximate surface area is 132 Å². The monoisotopic (exact) mass is 358 g/mol. The first-order valence-corrected chi connectivity index (χ1v) is 9.02. The maximum absolute atomic E-state index is 13.9. The molecule has 0 aliphatic rings. The molecule has 0 aliphatic carbocycles. The first kappa shape index (κ1) is 20.0. The van der Waals surface area contributed by atoms with E-state index in [2.05, 4.69) is 0 Å². The summed E-state index contributed by atoms with van der Waals surface area (Å²) in [4.78, 5) is 0. The van der Waals surface area contributed by atoms with Gasteiger partial charge in [0.2, 0.25) is 5.82 Å². The minimum Gasteiger partial charge on any atom is -0.377 e. The summed E-state index contributed by atoms with van der Waals surface area (Å²) >= 11 is 0. The van der Waals surface area contributed by atoms with Crippen LogP contribution < -0.4 is 0 Å². The van der Waals surface area contributed by atoms with Gasteiger partial charge in [-0.3, -0.25) is 0 Å². The van der Waals surface area contributed by atoms with Crippen LogP contribution in [0.15, 0.2) is 0 Å². The number of hydrogen-bond acceptors (Lipinski definition) is 3. The van der Waals surface area contributed by atoms with Crippen LogP contribution in [0, 0.1) is 29.1 Å². The molecule has 0 fully saturated rings. The second-order valence-corrected chi connectivity index (χ2v) is 7.60. The highest BCUT2D eigenvalue weighted by Crippen LogP contribution is 2.34. The molecule has 0 saturated carbocycles. The molecule has 3 nitrogen and oxygen atoms in total. The molecule has 23 heavy (non-hydrogen) atoms. The summed E-state index contributed by atoms with van der Waals surface area (Å²) in [6.07, 6.45) is 0. The summed E-state index contributed by atoms with van der Waals surface area (Å²) in [6, 6.07) is -0.121. The highest BCUT2D eigenvalue weighted by atomic mass is 28.4. The van der Waals surface area contributed by atoms with Gasteiger partial charge < -0.3 is 13.3 Å². The smallest absolute Gasteiger partial charge is 0.377 e. The van der Waals surface area contributed by atoms with Crippen LogP contribution >= 0.6 is 0 Å². The van der Waals surface area contributed by atoms with Crippen LogP contribution in [-0.2, 0) is 13.3 Å². The minimum atomic E-state index is -3.28. The third-order valence-electron chi connectivity index (χ3n) is 3.33. The molecular weight excluding hydrogens is 339 g/mol. The number of hydrogen-bond donors (Lipinski definition) is 0. The molecule has 0 spiro atoms. The van der Waals surface area contributed by atoms with E-state index in [9.17, 15) is 22.0 Å². The molecule has 1 rings (SSSR count). The lowest BCUT2D eigenvalue weighted by Gasteiger charge is -2.30. The van der Waals surface area contributed by atoms with Gasteiger partial charge in [0.1, 0.15) is 0 Å². The van der Waals surface area contributed by atoms with Gasteiger partial charge in [-0.05, 0) is 19.8 Å². The largest absolute Gasteiger partial charge is 0.501 e. The van der Waals surface area contributed by atoms with E-state index in [1.165, 1.54) is 14.0 Å². The highest BCUT2D eigenvalue weighted by Gasteiger charge is 2.43. The summed E-state index contributed by atoms with van der Waals surface area (Å²) in [5.74, 6) is -10.9. The van der Waals surface area contributed by atoms with Crippen molar-refractivity contribution >= 4 is 8.80 Å². The van der Waals surface area contributed by atoms with Crippen LogP contribution in [0.2, 0.25) is 6.04 Å². The van der Waals surface area contributed by atoms with E-state index in [1.807, 2.05) is 0 Å². The molecule has 1 atom stereocenters. The summed E-state index contributed by atoms with van der Waals surface area (Å²) in [5, 5.41) is 0. The number of benzene rings is 1. The zero-order chi connectivity index (χ0) is 17.8. The zero-order valence-corrected chi connectivity index (χ0v) is 14.3. The fourth-order valence-corrected chi connectivity index (χ4v) is 4.89. The van der Waals surface area contributed by atoms with Gasteiger partial charge >= 0.3 is 8.80 Å². The first-order valence-electron chi connectivity index (χ1n) is 7.08. The van der Waals surface area contributed by atoms with Crippen molar-refractivity contribution in [1.82, 2.24) is 0 Å². The molecule has 1 unspecified atom stereocenters. The van der Waals surface area contributed by atoms with Crippen molar-refractivity contribution in [3.63, 3.8) is 0 Å². The highest BCUT2D eigenvalue weighted by molar-refractivity contribution is 6.60. The normalized spacial score (nSPS) is 13.4. The van der Waals surface area contributed by atoms with Gasteiger partial charge in [0, 0.05) is 31.9 Å². The summed E-state index contributed by atoms with van der Waals surface area (Å²) in [6.45, 7) is 5.15. The lowest BCUT2D eigenvalue weighted by molar-refractivity contribution is 0.0849. The van der Waals surface area contributed by atoms with E-state index in [-0.39, 0.29) is 19.3 Å². The van der Waals surface area contributed by atoms with Crippen molar-refractivity contribution in [2.45, 2.75) is 32.7 Å². The molecule has 0 heterocycles. The van der Waals surface area contributed by atoms with E-state index in [0.717, 1.165) is 0 Å². The Balaban J connectivity index is 3.26. The number of halogens is 5. The molecule has 0 amide bonds. The van der Waals surface area contributed by atoms with Crippen LogP contribution in [0.4, 0.5) is 22.0 Å². The van der Waals surface area contributed by atoms with E-state index < -0.39 is 49.4 Å². The SMILES string of the molecule is CCO[Si](CC(C)c1c(F)c(F)c(F)c(F)c1F)(OC)OCC. The topological polar surface area (TPSA) is 27.7 Å². The average molecular weight is 358 g/mol. The second kappa shape index (κ2) is 8.18. The van der Waals surface area contributed by atoms with Gasteiger partial charge in [-0.15, -0.1) is 0 Å². The maximum atomic E-state index is 13.9. The Bertz CT molecular complexity index is 521. The second-order valence-electron chi connectivity index (χ2n) is 4.84. The molecule has 0 saturated heterocycles. The Morgan fingerprint density at radius 2 is 1.22 bits per heavy atom. The van der Waals surface area contributed by atoms with Gasteiger partial charge in [0.25, 0.3) is 0 Å². The van der Waals surface area contributed by atoms with E-state index >= 15 is 0 Å². The number of rotatable bonds is 8. The van der Waals surface area contributed by atoms with Crippen molar-refractivity contribution in [2.24, 2.45) is 0 Å². The van der Waals surface area contributed by atoms with Gasteiger partial charge in [0.15, 0.2) is 23.3 Å².